The molecule has 0 atom stereocenters. The third kappa shape index (κ3) is 6.63. The zero-order valence-electron chi connectivity index (χ0n) is 13.5. The van der Waals surface area contributed by atoms with Crippen LogP contribution in [0.1, 0.15) is 17.5 Å². The van der Waals surface area contributed by atoms with Gasteiger partial charge >= 0.3 is 0 Å². The van der Waals surface area contributed by atoms with Crippen molar-refractivity contribution in [1.29, 1.82) is 0 Å². The molecule has 0 bridgehead atoms. The Morgan fingerprint density at radius 3 is 2.57 bits per heavy atom. The molecule has 0 saturated heterocycles. The smallest absolute Gasteiger partial charge is 0.134 e. The second-order valence-electron chi connectivity index (χ2n) is 5.35. The second kappa shape index (κ2) is 9.41. The summed E-state index contributed by atoms with van der Waals surface area (Å²) in [6.45, 7) is 3.02. The Morgan fingerprint density at radius 1 is 1.19 bits per heavy atom. The minimum atomic E-state index is 0.0856. The van der Waals surface area contributed by atoms with Crippen LogP contribution in [0.2, 0.25) is 0 Å². The fraction of sp³-hybridized carbons (Fsp3) is 0.529. The Labute approximate surface area is 128 Å². The van der Waals surface area contributed by atoms with Crippen LogP contribution in [0.5, 0.6) is 5.75 Å². The summed E-state index contributed by atoms with van der Waals surface area (Å²) in [6.07, 6.45) is 0.482. The number of hydrogen-bond donors (Lipinski definition) is 1. The normalized spacial score (nSPS) is 10.6. The van der Waals surface area contributed by atoms with E-state index in [9.17, 15) is 0 Å². The maximum atomic E-state index is 8.80. The van der Waals surface area contributed by atoms with Gasteiger partial charge in [0.1, 0.15) is 5.75 Å². The van der Waals surface area contributed by atoms with Crippen molar-refractivity contribution in [3.05, 3.63) is 29.3 Å². The average molecular weight is 290 g/mol. The van der Waals surface area contributed by atoms with Gasteiger partial charge in [-0.2, -0.15) is 0 Å². The summed E-state index contributed by atoms with van der Waals surface area (Å²) < 4.78 is 5.33. The van der Waals surface area contributed by atoms with Crippen LogP contribution in [-0.4, -0.2) is 62.9 Å². The minimum absolute atomic E-state index is 0.0856. The SMILES string of the molecule is COc1ccc(CN(C)CCN(C)C)cc1C#CCCO. The highest BCUT2D eigenvalue weighted by Gasteiger charge is 2.05. The Bertz CT molecular complexity index is 489. The first-order valence-electron chi connectivity index (χ1n) is 7.16. The number of aliphatic hydroxyl groups excluding tert-OH is 1. The molecular weight excluding hydrogens is 264 g/mol. The summed E-state index contributed by atoms with van der Waals surface area (Å²) in [5, 5.41) is 8.80. The molecule has 0 unspecified atom stereocenters. The van der Waals surface area contributed by atoms with Crippen LogP contribution in [0.4, 0.5) is 0 Å². The van der Waals surface area contributed by atoms with Gasteiger partial charge in [0.05, 0.1) is 19.3 Å². The van der Waals surface area contributed by atoms with Gasteiger partial charge in [-0.25, -0.2) is 0 Å². The van der Waals surface area contributed by atoms with Gasteiger partial charge in [-0.05, 0) is 38.8 Å². The molecular formula is C17H26N2O2. The van der Waals surface area contributed by atoms with Gasteiger partial charge < -0.3 is 19.6 Å². The van der Waals surface area contributed by atoms with Crippen LogP contribution in [0.3, 0.4) is 0 Å². The molecule has 1 N–H and O–H groups in total. The van der Waals surface area contributed by atoms with Crippen LogP contribution < -0.4 is 4.74 Å². The first-order valence-corrected chi connectivity index (χ1v) is 7.16. The first-order chi connectivity index (χ1) is 10.1. The molecule has 0 aliphatic heterocycles. The molecule has 0 radical (unpaired) electrons. The lowest BCUT2D eigenvalue weighted by Gasteiger charge is -2.19. The highest BCUT2D eigenvalue weighted by Crippen LogP contribution is 2.19. The van der Waals surface area contributed by atoms with E-state index >= 15 is 0 Å². The number of hydrogen-bond acceptors (Lipinski definition) is 4. The quantitative estimate of drug-likeness (QED) is 0.771. The maximum absolute atomic E-state index is 8.80. The zero-order valence-corrected chi connectivity index (χ0v) is 13.5. The number of methoxy groups -OCH3 is 1. The minimum Gasteiger partial charge on any atom is -0.495 e. The summed E-state index contributed by atoms with van der Waals surface area (Å²) >= 11 is 0. The van der Waals surface area contributed by atoms with Crippen molar-refractivity contribution >= 4 is 0 Å². The number of rotatable bonds is 7. The fourth-order valence-electron chi connectivity index (χ4n) is 1.93. The molecule has 1 rings (SSSR count). The lowest BCUT2D eigenvalue weighted by atomic mass is 10.1. The highest BCUT2D eigenvalue weighted by atomic mass is 16.5. The third-order valence-electron chi connectivity index (χ3n) is 3.11. The predicted molar refractivity (Wildman–Crippen MR) is 86.5 cm³/mol. The van der Waals surface area contributed by atoms with Crippen LogP contribution in [0, 0.1) is 11.8 Å². The highest BCUT2D eigenvalue weighted by molar-refractivity contribution is 5.48. The van der Waals surface area contributed by atoms with Crippen LogP contribution in [-0.2, 0) is 6.54 Å². The monoisotopic (exact) mass is 290 g/mol. The van der Waals surface area contributed by atoms with Gasteiger partial charge in [0.2, 0.25) is 0 Å². The lowest BCUT2D eigenvalue weighted by molar-refractivity contribution is 0.276. The summed E-state index contributed by atoms with van der Waals surface area (Å²) in [7, 11) is 7.92. The van der Waals surface area contributed by atoms with E-state index < -0.39 is 0 Å². The maximum Gasteiger partial charge on any atom is 0.134 e. The summed E-state index contributed by atoms with van der Waals surface area (Å²) in [5.74, 6) is 6.79. The molecule has 1 aromatic rings. The molecule has 0 fully saturated rings. The van der Waals surface area contributed by atoms with E-state index in [0.29, 0.717) is 6.42 Å². The van der Waals surface area contributed by atoms with E-state index in [4.69, 9.17) is 9.84 Å². The van der Waals surface area contributed by atoms with Gasteiger partial charge in [0.15, 0.2) is 0 Å². The molecule has 0 spiro atoms. The molecule has 0 amide bonds. The number of ether oxygens (including phenoxy) is 1. The van der Waals surface area contributed by atoms with Crippen molar-refractivity contribution in [3.8, 4) is 17.6 Å². The Balaban J connectivity index is 2.76. The van der Waals surface area contributed by atoms with Crippen molar-refractivity contribution < 1.29 is 9.84 Å². The summed E-state index contributed by atoms with van der Waals surface area (Å²) in [5.41, 5.74) is 2.09. The largest absolute Gasteiger partial charge is 0.495 e. The average Bonchev–Trinajstić information content (AvgIpc) is 2.46. The molecule has 4 nitrogen and oxygen atoms in total. The van der Waals surface area contributed by atoms with Gasteiger partial charge in [-0.3, -0.25) is 0 Å². The van der Waals surface area contributed by atoms with E-state index in [0.717, 1.165) is 30.9 Å². The van der Waals surface area contributed by atoms with E-state index in [1.165, 1.54) is 5.56 Å². The zero-order chi connectivity index (χ0) is 15.7. The van der Waals surface area contributed by atoms with Crippen molar-refractivity contribution in [1.82, 2.24) is 9.80 Å². The van der Waals surface area contributed by atoms with Crippen molar-refractivity contribution in [2.75, 3.05) is 47.9 Å². The summed E-state index contributed by atoms with van der Waals surface area (Å²) in [4.78, 5) is 4.46. The van der Waals surface area contributed by atoms with Crippen LogP contribution in [0.25, 0.3) is 0 Å². The van der Waals surface area contributed by atoms with Gasteiger partial charge in [-0.1, -0.05) is 17.9 Å². The second-order valence-corrected chi connectivity index (χ2v) is 5.35. The third-order valence-corrected chi connectivity index (χ3v) is 3.11. The van der Waals surface area contributed by atoms with E-state index in [-0.39, 0.29) is 6.61 Å². The molecule has 0 saturated carbocycles. The Hall–Kier alpha value is -1.54. The molecule has 21 heavy (non-hydrogen) atoms. The molecule has 0 aromatic heterocycles. The van der Waals surface area contributed by atoms with Gasteiger partial charge in [-0.15, -0.1) is 0 Å². The van der Waals surface area contributed by atoms with Crippen molar-refractivity contribution in [3.63, 3.8) is 0 Å². The topological polar surface area (TPSA) is 35.9 Å². The molecule has 0 aliphatic rings. The summed E-state index contributed by atoms with van der Waals surface area (Å²) in [6, 6.07) is 6.09. The fourth-order valence-corrected chi connectivity index (χ4v) is 1.93. The van der Waals surface area contributed by atoms with E-state index in [1.807, 2.05) is 6.07 Å². The van der Waals surface area contributed by atoms with Crippen LogP contribution >= 0.6 is 0 Å². The Kier molecular flexibility index (Phi) is 7.84. The molecule has 1 aromatic carbocycles. The number of likely N-dealkylation sites (N-methyl/N-ethyl adjacent to an activating group) is 2. The lowest BCUT2D eigenvalue weighted by Crippen LogP contribution is -2.28. The molecule has 4 heteroatoms. The number of aliphatic hydroxyl groups is 1. The van der Waals surface area contributed by atoms with Gasteiger partial charge in [0, 0.05) is 26.1 Å². The standard InChI is InChI=1S/C17H26N2O2/c1-18(2)10-11-19(3)14-15-8-9-17(21-4)16(13-15)7-5-6-12-20/h8-9,13,20H,6,10-12,14H2,1-4H3. The van der Waals surface area contributed by atoms with Crippen LogP contribution in [0.15, 0.2) is 18.2 Å². The number of benzene rings is 1. The molecule has 116 valence electrons. The predicted octanol–water partition coefficient (Wildman–Crippen LogP) is 1.42. The van der Waals surface area contributed by atoms with Crippen molar-refractivity contribution in [2.45, 2.75) is 13.0 Å². The molecule has 0 heterocycles. The van der Waals surface area contributed by atoms with Crippen molar-refractivity contribution in [2.24, 2.45) is 0 Å². The van der Waals surface area contributed by atoms with Gasteiger partial charge in [0.25, 0.3) is 0 Å². The van der Waals surface area contributed by atoms with E-state index in [1.54, 1.807) is 7.11 Å². The van der Waals surface area contributed by atoms with E-state index in [2.05, 4.69) is 54.9 Å². The number of nitrogens with zero attached hydrogens (tertiary/aromatic N) is 2. The first kappa shape index (κ1) is 17.5. The Morgan fingerprint density at radius 2 is 1.95 bits per heavy atom. The molecule has 0 aliphatic carbocycles.